The number of carbonyl (C=O) groups is 1. The zero-order chi connectivity index (χ0) is 21.4. The van der Waals surface area contributed by atoms with Crippen LogP contribution in [0.2, 0.25) is 0 Å². The second-order valence-corrected chi connectivity index (χ2v) is 7.48. The third-order valence-electron chi connectivity index (χ3n) is 5.35. The van der Waals surface area contributed by atoms with E-state index in [0.717, 1.165) is 27.7 Å². The molecule has 2 aromatic carbocycles. The minimum absolute atomic E-state index is 0.121. The molecule has 0 amide bonds. The maximum Gasteiger partial charge on any atom is 0.338 e. The van der Waals surface area contributed by atoms with Gasteiger partial charge >= 0.3 is 5.97 Å². The summed E-state index contributed by atoms with van der Waals surface area (Å²) in [5.74, 6) is 0.484. The topological polar surface area (TPSA) is 102 Å². The molecule has 0 atom stereocenters. The molecule has 1 aromatic heterocycles. The zero-order valence-corrected chi connectivity index (χ0v) is 17.2. The second kappa shape index (κ2) is 7.67. The molecule has 30 heavy (non-hydrogen) atoms. The predicted octanol–water partition coefficient (Wildman–Crippen LogP) is 4.12. The number of H-pyrrole nitrogens is 1. The van der Waals surface area contributed by atoms with Crippen molar-refractivity contribution in [3.05, 3.63) is 70.2 Å². The van der Waals surface area contributed by atoms with Crippen LogP contribution < -0.4 is 0 Å². The molecule has 3 N–H and O–H groups in total. The minimum Gasteiger partial charge on any atom is -0.510 e. The first-order valence-corrected chi connectivity index (χ1v) is 9.86. The van der Waals surface area contributed by atoms with Gasteiger partial charge in [0.25, 0.3) is 0 Å². The number of amidine groups is 1. The van der Waals surface area contributed by atoms with Crippen LogP contribution >= 0.6 is 0 Å². The van der Waals surface area contributed by atoms with E-state index in [4.69, 9.17) is 10.1 Å². The number of hydrogen-bond acceptors (Lipinski definition) is 5. The number of imidazole rings is 1. The number of carbonyl (C=O) groups excluding carboxylic acids is 1. The Morgan fingerprint density at radius 2 is 1.93 bits per heavy atom. The number of ether oxygens (including phenoxy) is 1. The van der Waals surface area contributed by atoms with E-state index in [1.165, 1.54) is 0 Å². The summed E-state index contributed by atoms with van der Waals surface area (Å²) in [6.07, 6.45) is 0. The van der Waals surface area contributed by atoms with Crippen LogP contribution in [-0.4, -0.2) is 44.9 Å². The van der Waals surface area contributed by atoms with Gasteiger partial charge in [0, 0.05) is 6.54 Å². The molecule has 0 fully saturated rings. The molecule has 4 rings (SSSR count). The summed E-state index contributed by atoms with van der Waals surface area (Å²) in [6, 6.07) is 11.1. The summed E-state index contributed by atoms with van der Waals surface area (Å²) in [7, 11) is 0. The Balaban J connectivity index is 1.53. The lowest BCUT2D eigenvalue weighted by atomic mass is 10.1. The highest BCUT2D eigenvalue weighted by molar-refractivity contribution is 6.23. The first kappa shape index (κ1) is 19.7. The van der Waals surface area contributed by atoms with Gasteiger partial charge in [-0.05, 0) is 61.7 Å². The predicted molar refractivity (Wildman–Crippen MR) is 116 cm³/mol. The average molecular weight is 404 g/mol. The first-order valence-electron chi connectivity index (χ1n) is 9.86. The van der Waals surface area contributed by atoms with E-state index < -0.39 is 0 Å². The van der Waals surface area contributed by atoms with Crippen LogP contribution in [0.5, 0.6) is 0 Å². The molecule has 0 saturated heterocycles. The molecular formula is C23H24N4O3. The summed E-state index contributed by atoms with van der Waals surface area (Å²) in [6.45, 7) is 6.86. The molecule has 3 aromatic rings. The van der Waals surface area contributed by atoms with Gasteiger partial charge in [-0.15, -0.1) is 0 Å². The van der Waals surface area contributed by atoms with Crippen molar-refractivity contribution in [2.45, 2.75) is 27.3 Å². The van der Waals surface area contributed by atoms with E-state index in [2.05, 4.69) is 9.97 Å². The number of nitrogens with zero attached hydrogens (tertiary/aromatic N) is 2. The van der Waals surface area contributed by atoms with E-state index in [1.807, 2.05) is 38.1 Å². The Hall–Kier alpha value is -3.61. The molecule has 7 nitrogen and oxygen atoms in total. The van der Waals surface area contributed by atoms with Gasteiger partial charge in [0.2, 0.25) is 0 Å². The van der Waals surface area contributed by atoms with Crippen molar-refractivity contribution < 1.29 is 14.6 Å². The Morgan fingerprint density at radius 1 is 1.23 bits per heavy atom. The number of aryl methyl sites for hydroxylation is 2. The van der Waals surface area contributed by atoms with Gasteiger partial charge in [0.1, 0.15) is 17.4 Å². The molecule has 154 valence electrons. The van der Waals surface area contributed by atoms with Crippen LogP contribution in [0, 0.1) is 19.3 Å². The number of aliphatic hydroxyl groups is 1. The van der Waals surface area contributed by atoms with Gasteiger partial charge in [-0.3, -0.25) is 5.41 Å². The fourth-order valence-corrected chi connectivity index (χ4v) is 3.59. The molecule has 0 aliphatic carbocycles. The lowest BCUT2D eigenvalue weighted by Crippen LogP contribution is -2.26. The molecule has 1 aliphatic rings. The minimum atomic E-state index is -0.352. The number of aliphatic hydroxyl groups excluding tert-OH is 1. The van der Waals surface area contributed by atoms with Gasteiger partial charge in [-0.25, -0.2) is 9.78 Å². The fraction of sp³-hybridized carbons (Fsp3) is 0.261. The third kappa shape index (κ3) is 3.54. The van der Waals surface area contributed by atoms with Crippen molar-refractivity contribution in [3.63, 3.8) is 0 Å². The number of rotatable bonds is 5. The molecule has 0 unspecified atom stereocenters. The summed E-state index contributed by atoms with van der Waals surface area (Å²) >= 11 is 0. The third-order valence-corrected chi connectivity index (χ3v) is 5.35. The molecule has 0 saturated carbocycles. The highest BCUT2D eigenvalue weighted by Gasteiger charge is 2.30. The van der Waals surface area contributed by atoms with Crippen LogP contribution in [0.15, 0.2) is 42.2 Å². The van der Waals surface area contributed by atoms with Gasteiger partial charge in [0.05, 0.1) is 35.3 Å². The number of esters is 1. The lowest BCUT2D eigenvalue weighted by Gasteiger charge is -2.18. The first-order chi connectivity index (χ1) is 14.4. The highest BCUT2D eigenvalue weighted by Crippen LogP contribution is 2.29. The van der Waals surface area contributed by atoms with E-state index in [9.17, 15) is 9.90 Å². The normalized spacial score (nSPS) is 14.1. The molecule has 1 aliphatic heterocycles. The van der Waals surface area contributed by atoms with Crippen LogP contribution in [0.4, 0.5) is 0 Å². The van der Waals surface area contributed by atoms with E-state index in [-0.39, 0.29) is 24.1 Å². The molecule has 7 heteroatoms. The van der Waals surface area contributed by atoms with Crippen molar-refractivity contribution in [2.75, 3.05) is 13.2 Å². The van der Waals surface area contributed by atoms with Gasteiger partial charge in [-0.2, -0.15) is 0 Å². The lowest BCUT2D eigenvalue weighted by molar-refractivity contribution is 0.0526. The molecule has 2 heterocycles. The SMILES string of the molecule is CCOC(=O)c1ccc(CN2CC(O)=C(c3nc4cc(C)c(C)cc4[nH]3)C2=N)cc1. The smallest absolute Gasteiger partial charge is 0.338 e. The van der Waals surface area contributed by atoms with Gasteiger partial charge < -0.3 is 19.7 Å². The fourth-order valence-electron chi connectivity index (χ4n) is 3.59. The van der Waals surface area contributed by atoms with Crippen molar-refractivity contribution in [1.82, 2.24) is 14.9 Å². The molecule has 0 bridgehead atoms. The molecule has 0 spiro atoms. The van der Waals surface area contributed by atoms with E-state index >= 15 is 0 Å². The number of aromatic amines is 1. The standard InChI is InChI=1S/C23H24N4O3/c1-4-30-23(29)16-7-5-15(6-8-16)11-27-12-19(28)20(21(27)24)22-25-17-9-13(2)14(3)10-18(17)26-22/h5-10,24,28H,4,11-12H2,1-3H3,(H,25,26). The summed E-state index contributed by atoms with van der Waals surface area (Å²) in [5.41, 5.74) is 5.84. The quantitative estimate of drug-likeness (QED) is 0.555. The second-order valence-electron chi connectivity index (χ2n) is 7.48. The maximum atomic E-state index is 11.8. The number of fused-ring (bicyclic) bond motifs is 1. The van der Waals surface area contributed by atoms with Crippen LogP contribution in [-0.2, 0) is 11.3 Å². The average Bonchev–Trinajstić information content (AvgIpc) is 3.22. The number of benzene rings is 2. The number of hydrogen-bond donors (Lipinski definition) is 3. The van der Waals surface area contributed by atoms with Crippen LogP contribution in [0.3, 0.4) is 0 Å². The largest absolute Gasteiger partial charge is 0.510 e. The summed E-state index contributed by atoms with van der Waals surface area (Å²) < 4.78 is 5.00. The van der Waals surface area contributed by atoms with E-state index in [1.54, 1.807) is 24.0 Å². The van der Waals surface area contributed by atoms with Gasteiger partial charge in [-0.1, -0.05) is 12.1 Å². The monoisotopic (exact) mass is 404 g/mol. The van der Waals surface area contributed by atoms with Crippen molar-refractivity contribution in [2.24, 2.45) is 0 Å². The Morgan fingerprint density at radius 3 is 2.63 bits per heavy atom. The number of nitrogens with one attached hydrogen (secondary N) is 2. The highest BCUT2D eigenvalue weighted by atomic mass is 16.5. The Labute approximate surface area is 174 Å². The van der Waals surface area contributed by atoms with Crippen LogP contribution in [0.1, 0.15) is 39.8 Å². The Kier molecular flexibility index (Phi) is 5.03. The summed E-state index contributed by atoms with van der Waals surface area (Å²) in [4.78, 5) is 21.4. The van der Waals surface area contributed by atoms with Crippen LogP contribution in [0.25, 0.3) is 16.6 Å². The van der Waals surface area contributed by atoms with Crippen molar-refractivity contribution in [3.8, 4) is 0 Å². The number of aromatic nitrogens is 2. The van der Waals surface area contributed by atoms with Gasteiger partial charge in [0.15, 0.2) is 0 Å². The maximum absolute atomic E-state index is 11.8. The van der Waals surface area contributed by atoms with Crippen molar-refractivity contribution in [1.29, 1.82) is 5.41 Å². The molecular weight excluding hydrogens is 380 g/mol. The molecule has 0 radical (unpaired) electrons. The summed E-state index contributed by atoms with van der Waals surface area (Å²) in [5, 5.41) is 19.1. The zero-order valence-electron chi connectivity index (χ0n) is 17.2. The van der Waals surface area contributed by atoms with E-state index in [0.29, 0.717) is 30.1 Å². The Bertz CT molecular complexity index is 1140. The van der Waals surface area contributed by atoms with Crippen molar-refractivity contribution >= 4 is 28.4 Å².